The summed E-state index contributed by atoms with van der Waals surface area (Å²) in [7, 11) is 0. The molecule has 0 radical (unpaired) electrons. The molecule has 6 aromatic rings. The Balaban J connectivity index is 0.000000167. The number of rotatable bonds is 4. The summed E-state index contributed by atoms with van der Waals surface area (Å²) in [6.45, 7) is 16.9. The molecule has 1 heteroatoms. The average Bonchev–Trinajstić information content (AvgIpc) is 3.02. The van der Waals surface area contributed by atoms with E-state index in [2.05, 4.69) is 156 Å². The van der Waals surface area contributed by atoms with E-state index < -0.39 is 0 Å². The van der Waals surface area contributed by atoms with Gasteiger partial charge in [0.05, 0.1) is 0 Å². The van der Waals surface area contributed by atoms with Crippen molar-refractivity contribution < 1.29 is 0 Å². The van der Waals surface area contributed by atoms with Gasteiger partial charge < -0.3 is 0 Å². The third-order valence-electron chi connectivity index (χ3n) is 8.23. The van der Waals surface area contributed by atoms with Crippen LogP contribution in [0.15, 0.2) is 127 Å². The molecule has 5 aromatic carbocycles. The number of hydrogen-bond donors (Lipinski definition) is 0. The van der Waals surface area contributed by atoms with Gasteiger partial charge in [0.1, 0.15) is 0 Å². The molecule has 0 fully saturated rings. The highest BCUT2D eigenvalue weighted by Crippen LogP contribution is 2.25. The zero-order chi connectivity index (χ0) is 32.3. The van der Waals surface area contributed by atoms with Crippen molar-refractivity contribution in [1.29, 1.82) is 0 Å². The van der Waals surface area contributed by atoms with E-state index >= 15 is 0 Å². The number of nitrogens with zero attached hydrogens (tertiary/aromatic N) is 1. The first-order valence-electron chi connectivity index (χ1n) is 15.8. The van der Waals surface area contributed by atoms with Crippen molar-refractivity contribution in [3.05, 3.63) is 183 Å². The highest BCUT2D eigenvalue weighted by atomic mass is 14.7. The second-order valence-corrected chi connectivity index (χ2v) is 12.2. The van der Waals surface area contributed by atoms with E-state index in [9.17, 15) is 0 Å². The molecular formula is C44H47N. The van der Waals surface area contributed by atoms with Gasteiger partial charge in [0.25, 0.3) is 0 Å². The van der Waals surface area contributed by atoms with Gasteiger partial charge in [0.15, 0.2) is 0 Å². The van der Waals surface area contributed by atoms with Gasteiger partial charge in [-0.05, 0) is 130 Å². The molecule has 0 amide bonds. The average molecular weight is 590 g/mol. The Bertz CT molecular complexity index is 1680. The second-order valence-electron chi connectivity index (χ2n) is 12.2. The molecule has 0 spiro atoms. The lowest BCUT2D eigenvalue weighted by molar-refractivity contribution is 1.12. The maximum Gasteiger partial charge on any atom is 0.0375 e. The third-order valence-corrected chi connectivity index (χ3v) is 8.23. The fraction of sp³-hybridized carbons (Fsp3) is 0.205. The molecule has 0 aliphatic carbocycles. The summed E-state index contributed by atoms with van der Waals surface area (Å²) in [5.41, 5.74) is 18.1. The number of pyridine rings is 1. The van der Waals surface area contributed by atoms with Crippen LogP contribution in [0.5, 0.6) is 0 Å². The number of benzene rings is 5. The molecule has 1 aromatic heterocycles. The van der Waals surface area contributed by atoms with Crippen molar-refractivity contribution in [1.82, 2.24) is 4.98 Å². The van der Waals surface area contributed by atoms with Gasteiger partial charge in [-0.1, -0.05) is 126 Å². The minimum atomic E-state index is 1.03. The van der Waals surface area contributed by atoms with Crippen LogP contribution in [-0.2, 0) is 6.42 Å². The van der Waals surface area contributed by atoms with Crippen molar-refractivity contribution in [2.24, 2.45) is 0 Å². The Morgan fingerprint density at radius 2 is 0.689 bits per heavy atom. The Kier molecular flexibility index (Phi) is 11.7. The van der Waals surface area contributed by atoms with Crippen LogP contribution < -0.4 is 0 Å². The molecule has 0 unspecified atom stereocenters. The standard InChI is InChI=1S/C20H18.C17H20.C7H9N/c1-15-3-7-17(8-4-15)19-11-13-20(14-12-19)18-9-5-16(2)6-10-18;1-12-5-7-16(9-14(12)3)11-17-8-6-13(2)15(4)10-17;1-6-4-3-5-7(2)8-6/h3-14H,1-2H3;5-10H,11H2,1-4H3;3-5H,1-2H3. The maximum absolute atomic E-state index is 4.17. The highest BCUT2D eigenvalue weighted by Gasteiger charge is 2.02. The molecule has 1 heterocycles. The predicted octanol–water partition coefficient (Wildman–Crippen LogP) is 11.8. The lowest BCUT2D eigenvalue weighted by Gasteiger charge is -2.07. The van der Waals surface area contributed by atoms with Crippen molar-refractivity contribution in [2.75, 3.05) is 0 Å². The first-order chi connectivity index (χ1) is 21.6. The first kappa shape index (κ1) is 33.1. The summed E-state index contributed by atoms with van der Waals surface area (Å²) in [6, 6.07) is 45.6. The van der Waals surface area contributed by atoms with Gasteiger partial charge >= 0.3 is 0 Å². The van der Waals surface area contributed by atoms with Gasteiger partial charge in [-0.25, -0.2) is 0 Å². The van der Waals surface area contributed by atoms with Crippen molar-refractivity contribution in [3.63, 3.8) is 0 Å². The maximum atomic E-state index is 4.17. The summed E-state index contributed by atoms with van der Waals surface area (Å²) in [6.07, 6.45) is 1.03. The van der Waals surface area contributed by atoms with Crippen LogP contribution in [0.2, 0.25) is 0 Å². The SMILES string of the molecule is Cc1ccc(-c2ccc(-c3ccc(C)cc3)cc2)cc1.Cc1ccc(Cc2ccc(C)c(C)c2)cc1C.Cc1cccc(C)n1. The van der Waals surface area contributed by atoms with Gasteiger partial charge in [0.2, 0.25) is 0 Å². The Morgan fingerprint density at radius 1 is 0.356 bits per heavy atom. The van der Waals surface area contributed by atoms with Gasteiger partial charge in [-0.3, -0.25) is 4.98 Å². The van der Waals surface area contributed by atoms with Crippen LogP contribution in [0, 0.1) is 55.4 Å². The Morgan fingerprint density at radius 3 is 0.978 bits per heavy atom. The lowest BCUT2D eigenvalue weighted by Crippen LogP contribution is -1.92. The van der Waals surface area contributed by atoms with E-state index in [4.69, 9.17) is 0 Å². The van der Waals surface area contributed by atoms with E-state index in [0.717, 1.165) is 17.8 Å². The topological polar surface area (TPSA) is 12.9 Å². The molecule has 1 nitrogen and oxygen atoms in total. The van der Waals surface area contributed by atoms with E-state index in [0.29, 0.717) is 0 Å². The first-order valence-corrected chi connectivity index (χ1v) is 15.8. The van der Waals surface area contributed by atoms with Crippen LogP contribution in [-0.4, -0.2) is 4.98 Å². The van der Waals surface area contributed by atoms with E-state index in [1.807, 2.05) is 32.0 Å². The normalized spacial score (nSPS) is 10.3. The summed E-state index contributed by atoms with van der Waals surface area (Å²) in [5, 5.41) is 0. The van der Waals surface area contributed by atoms with Gasteiger partial charge in [0, 0.05) is 11.4 Å². The third kappa shape index (κ3) is 10.2. The summed E-state index contributed by atoms with van der Waals surface area (Å²) >= 11 is 0. The van der Waals surface area contributed by atoms with Crippen LogP contribution in [0.1, 0.15) is 55.9 Å². The monoisotopic (exact) mass is 589 g/mol. The Hall–Kier alpha value is -4.75. The zero-order valence-corrected chi connectivity index (χ0v) is 28.3. The van der Waals surface area contributed by atoms with Crippen LogP contribution in [0.4, 0.5) is 0 Å². The summed E-state index contributed by atoms with van der Waals surface area (Å²) < 4.78 is 0. The fourth-order valence-corrected chi connectivity index (χ4v) is 5.09. The largest absolute Gasteiger partial charge is 0.258 e. The van der Waals surface area contributed by atoms with Gasteiger partial charge in [-0.2, -0.15) is 0 Å². The molecule has 0 aliphatic heterocycles. The minimum Gasteiger partial charge on any atom is -0.258 e. The van der Waals surface area contributed by atoms with E-state index in [1.54, 1.807) is 0 Å². The number of aryl methyl sites for hydroxylation is 8. The van der Waals surface area contributed by atoms with Gasteiger partial charge in [-0.15, -0.1) is 0 Å². The molecule has 45 heavy (non-hydrogen) atoms. The van der Waals surface area contributed by atoms with Crippen molar-refractivity contribution in [3.8, 4) is 22.3 Å². The molecule has 228 valence electrons. The highest BCUT2D eigenvalue weighted by molar-refractivity contribution is 5.70. The summed E-state index contributed by atoms with van der Waals surface area (Å²) in [4.78, 5) is 4.17. The summed E-state index contributed by atoms with van der Waals surface area (Å²) in [5.74, 6) is 0. The van der Waals surface area contributed by atoms with E-state index in [-0.39, 0.29) is 0 Å². The molecule has 0 atom stereocenters. The van der Waals surface area contributed by atoms with Crippen LogP contribution in [0.3, 0.4) is 0 Å². The number of aromatic nitrogens is 1. The molecule has 6 rings (SSSR count). The second kappa shape index (κ2) is 15.8. The van der Waals surface area contributed by atoms with E-state index in [1.165, 1.54) is 66.8 Å². The molecule has 0 N–H and O–H groups in total. The Labute approximate surface area is 271 Å². The molecular weight excluding hydrogens is 542 g/mol. The smallest absolute Gasteiger partial charge is 0.0375 e. The fourth-order valence-electron chi connectivity index (χ4n) is 5.09. The molecule has 0 saturated carbocycles. The predicted molar refractivity (Wildman–Crippen MR) is 195 cm³/mol. The zero-order valence-electron chi connectivity index (χ0n) is 28.3. The lowest BCUT2D eigenvalue weighted by atomic mass is 9.98. The minimum absolute atomic E-state index is 1.03. The molecule has 0 bridgehead atoms. The van der Waals surface area contributed by atoms with Crippen molar-refractivity contribution in [2.45, 2.75) is 61.8 Å². The van der Waals surface area contributed by atoms with Crippen LogP contribution >= 0.6 is 0 Å². The quantitative estimate of drug-likeness (QED) is 0.199. The van der Waals surface area contributed by atoms with Crippen molar-refractivity contribution >= 4 is 0 Å². The molecule has 0 saturated heterocycles. The number of hydrogen-bond acceptors (Lipinski definition) is 1. The van der Waals surface area contributed by atoms with Crippen LogP contribution in [0.25, 0.3) is 22.3 Å². The molecule has 0 aliphatic rings.